The first kappa shape index (κ1) is 15.3. The van der Waals surface area contributed by atoms with Crippen LogP contribution >= 0.6 is 15.9 Å². The normalized spacial score (nSPS) is 14.8. The van der Waals surface area contributed by atoms with Gasteiger partial charge in [0.25, 0.3) is 0 Å². The van der Waals surface area contributed by atoms with Crippen LogP contribution in [-0.2, 0) is 0 Å². The molecule has 0 radical (unpaired) electrons. The lowest BCUT2D eigenvalue weighted by atomic mass is 10.1. The Morgan fingerprint density at radius 3 is 2.40 bits per heavy atom. The average molecular weight is 342 g/mol. The van der Waals surface area contributed by atoms with E-state index in [1.807, 2.05) is 25.1 Å². The fourth-order valence-electron chi connectivity index (χ4n) is 2.00. The van der Waals surface area contributed by atoms with Crippen molar-refractivity contribution >= 4 is 21.7 Å². The zero-order chi connectivity index (χ0) is 14.5. The highest BCUT2D eigenvalue weighted by Crippen LogP contribution is 2.35. The minimum absolute atomic E-state index is 0.110. The molecule has 0 unspecified atom stereocenters. The molecule has 1 aliphatic rings. The molecular weight excluding hydrogens is 322 g/mol. The average Bonchev–Trinajstić information content (AvgIpc) is 2.38. The predicted molar refractivity (Wildman–Crippen MR) is 81.9 cm³/mol. The van der Waals surface area contributed by atoms with Gasteiger partial charge in [-0.15, -0.1) is 0 Å². The van der Waals surface area contributed by atoms with Gasteiger partial charge in [0.2, 0.25) is 0 Å². The lowest BCUT2D eigenvalue weighted by Crippen LogP contribution is -2.17. The van der Waals surface area contributed by atoms with Crippen LogP contribution < -0.4 is 9.47 Å². The van der Waals surface area contributed by atoms with E-state index in [0.717, 1.165) is 23.9 Å². The lowest BCUT2D eigenvalue weighted by Gasteiger charge is -2.18. The van der Waals surface area contributed by atoms with Crippen LogP contribution in [0.4, 0.5) is 0 Å². The fraction of sp³-hybridized carbons (Fsp3) is 0.533. The molecule has 0 atom stereocenters. The van der Waals surface area contributed by atoms with Crippen LogP contribution in [-0.4, -0.2) is 44.5 Å². The second-order valence-electron chi connectivity index (χ2n) is 5.16. The van der Waals surface area contributed by atoms with Gasteiger partial charge in [-0.3, -0.25) is 4.79 Å². The molecule has 0 aliphatic carbocycles. The Bertz CT molecular complexity index is 488. The van der Waals surface area contributed by atoms with Crippen molar-refractivity contribution < 1.29 is 14.3 Å². The standard InChI is InChI=1S/C15H20BrNO3/c1-17(2)6-5-13(18)11-9-14-15(10-12(11)16)20-8-4-3-7-19-14/h9-10H,3-8H2,1-2H3. The number of nitrogens with zero attached hydrogens (tertiary/aromatic N) is 1. The lowest BCUT2D eigenvalue weighted by molar-refractivity contribution is 0.0971. The van der Waals surface area contributed by atoms with Crippen molar-refractivity contribution in [1.82, 2.24) is 4.90 Å². The van der Waals surface area contributed by atoms with E-state index in [1.165, 1.54) is 0 Å². The van der Waals surface area contributed by atoms with Gasteiger partial charge in [0.05, 0.1) is 13.2 Å². The van der Waals surface area contributed by atoms with Crippen molar-refractivity contribution in [3.63, 3.8) is 0 Å². The van der Waals surface area contributed by atoms with E-state index in [-0.39, 0.29) is 5.78 Å². The van der Waals surface area contributed by atoms with Crippen LogP contribution in [0.5, 0.6) is 11.5 Å². The van der Waals surface area contributed by atoms with Gasteiger partial charge in [0, 0.05) is 23.0 Å². The highest BCUT2D eigenvalue weighted by molar-refractivity contribution is 9.10. The van der Waals surface area contributed by atoms with E-state index >= 15 is 0 Å². The Hall–Kier alpha value is -1.07. The topological polar surface area (TPSA) is 38.8 Å². The summed E-state index contributed by atoms with van der Waals surface area (Å²) in [7, 11) is 3.92. The molecule has 0 amide bonds. The van der Waals surface area contributed by atoms with Crippen molar-refractivity contribution in [3.05, 3.63) is 22.2 Å². The van der Waals surface area contributed by atoms with Crippen LogP contribution in [0.3, 0.4) is 0 Å². The quantitative estimate of drug-likeness (QED) is 0.788. The Labute approximate surface area is 128 Å². The van der Waals surface area contributed by atoms with Gasteiger partial charge in [0.1, 0.15) is 0 Å². The Morgan fingerprint density at radius 1 is 1.20 bits per heavy atom. The summed E-state index contributed by atoms with van der Waals surface area (Å²) in [5.41, 5.74) is 0.662. The van der Waals surface area contributed by atoms with Crippen molar-refractivity contribution in [2.24, 2.45) is 0 Å². The third-order valence-electron chi connectivity index (χ3n) is 3.17. The molecule has 110 valence electrons. The maximum atomic E-state index is 12.3. The molecule has 0 N–H and O–H groups in total. The number of fused-ring (bicyclic) bond motifs is 1. The molecule has 1 aromatic carbocycles. The van der Waals surface area contributed by atoms with E-state index < -0.39 is 0 Å². The van der Waals surface area contributed by atoms with E-state index in [1.54, 1.807) is 6.07 Å². The van der Waals surface area contributed by atoms with Crippen LogP contribution in [0.25, 0.3) is 0 Å². The monoisotopic (exact) mass is 341 g/mol. The first-order chi connectivity index (χ1) is 9.58. The van der Waals surface area contributed by atoms with Crippen LogP contribution in [0.15, 0.2) is 16.6 Å². The number of ether oxygens (including phenoxy) is 2. The van der Waals surface area contributed by atoms with Gasteiger partial charge in [0.15, 0.2) is 17.3 Å². The summed E-state index contributed by atoms with van der Waals surface area (Å²) in [6.07, 6.45) is 2.45. The number of carbonyl (C=O) groups excluding carboxylic acids is 1. The molecule has 1 heterocycles. The fourth-order valence-corrected chi connectivity index (χ4v) is 2.55. The van der Waals surface area contributed by atoms with E-state index in [4.69, 9.17) is 9.47 Å². The molecule has 0 fully saturated rings. The first-order valence-electron chi connectivity index (χ1n) is 6.85. The van der Waals surface area contributed by atoms with Gasteiger partial charge in [-0.2, -0.15) is 0 Å². The Balaban J connectivity index is 2.21. The summed E-state index contributed by atoms with van der Waals surface area (Å²) < 4.78 is 12.1. The minimum atomic E-state index is 0.110. The van der Waals surface area contributed by atoms with E-state index in [0.29, 0.717) is 36.7 Å². The van der Waals surface area contributed by atoms with E-state index in [2.05, 4.69) is 15.9 Å². The molecule has 0 aromatic heterocycles. The second kappa shape index (κ2) is 7.09. The van der Waals surface area contributed by atoms with Crippen LogP contribution in [0, 0.1) is 0 Å². The number of benzene rings is 1. The smallest absolute Gasteiger partial charge is 0.165 e. The van der Waals surface area contributed by atoms with Crippen molar-refractivity contribution in [2.45, 2.75) is 19.3 Å². The third-order valence-corrected chi connectivity index (χ3v) is 3.83. The Morgan fingerprint density at radius 2 is 1.80 bits per heavy atom. The van der Waals surface area contributed by atoms with Gasteiger partial charge in [-0.1, -0.05) is 0 Å². The molecule has 4 nitrogen and oxygen atoms in total. The van der Waals surface area contributed by atoms with Crippen molar-refractivity contribution in [3.8, 4) is 11.5 Å². The van der Waals surface area contributed by atoms with Gasteiger partial charge >= 0.3 is 0 Å². The summed E-state index contributed by atoms with van der Waals surface area (Å²) in [5, 5.41) is 0. The summed E-state index contributed by atoms with van der Waals surface area (Å²) in [5.74, 6) is 1.49. The SMILES string of the molecule is CN(C)CCC(=O)c1cc2c(cc1Br)OCCCCO2. The molecule has 1 aliphatic heterocycles. The number of Topliss-reactive ketones (excluding diaryl/α,β-unsaturated/α-hetero) is 1. The predicted octanol–water partition coefficient (Wildman–Crippen LogP) is 3.13. The van der Waals surface area contributed by atoms with Gasteiger partial charge < -0.3 is 14.4 Å². The number of carbonyl (C=O) groups is 1. The van der Waals surface area contributed by atoms with E-state index in [9.17, 15) is 4.79 Å². The Kier molecular flexibility index (Phi) is 5.43. The number of ketones is 1. The van der Waals surface area contributed by atoms with Gasteiger partial charge in [-0.05, 0) is 55.0 Å². The molecule has 20 heavy (non-hydrogen) atoms. The molecule has 0 bridgehead atoms. The summed E-state index contributed by atoms with van der Waals surface area (Å²) in [6.45, 7) is 2.10. The number of hydrogen-bond donors (Lipinski definition) is 0. The second-order valence-corrected chi connectivity index (χ2v) is 6.01. The maximum Gasteiger partial charge on any atom is 0.165 e. The van der Waals surface area contributed by atoms with Crippen LogP contribution in [0.2, 0.25) is 0 Å². The van der Waals surface area contributed by atoms with Crippen molar-refractivity contribution in [1.29, 1.82) is 0 Å². The van der Waals surface area contributed by atoms with Crippen LogP contribution in [0.1, 0.15) is 29.6 Å². The number of rotatable bonds is 4. The number of halogens is 1. The summed E-state index contributed by atoms with van der Waals surface area (Å²) in [4.78, 5) is 14.3. The molecule has 5 heteroatoms. The number of hydrogen-bond acceptors (Lipinski definition) is 4. The molecule has 2 rings (SSSR count). The molecular formula is C15H20BrNO3. The first-order valence-corrected chi connectivity index (χ1v) is 7.64. The highest BCUT2D eigenvalue weighted by atomic mass is 79.9. The van der Waals surface area contributed by atoms with Crippen molar-refractivity contribution in [2.75, 3.05) is 33.9 Å². The zero-order valence-corrected chi connectivity index (χ0v) is 13.5. The largest absolute Gasteiger partial charge is 0.490 e. The molecule has 0 saturated heterocycles. The maximum absolute atomic E-state index is 12.3. The third kappa shape index (κ3) is 3.96. The zero-order valence-electron chi connectivity index (χ0n) is 11.9. The minimum Gasteiger partial charge on any atom is -0.490 e. The molecule has 1 aromatic rings. The molecule has 0 spiro atoms. The molecule has 0 saturated carbocycles. The summed E-state index contributed by atoms with van der Waals surface area (Å²) >= 11 is 3.46. The highest BCUT2D eigenvalue weighted by Gasteiger charge is 2.17. The van der Waals surface area contributed by atoms with Gasteiger partial charge in [-0.25, -0.2) is 0 Å². The summed E-state index contributed by atoms with van der Waals surface area (Å²) in [6, 6.07) is 3.63.